The van der Waals surface area contributed by atoms with E-state index < -0.39 is 0 Å². The molecule has 3 rings (SSSR count). The van der Waals surface area contributed by atoms with Crippen LogP contribution in [0.1, 0.15) is 37.3 Å². The molecule has 2 N–H and O–H groups in total. The van der Waals surface area contributed by atoms with Gasteiger partial charge in [-0.1, -0.05) is 6.42 Å². The lowest BCUT2D eigenvalue weighted by Gasteiger charge is -2.39. The van der Waals surface area contributed by atoms with Crippen molar-refractivity contribution >= 4 is 0 Å². The highest BCUT2D eigenvalue weighted by molar-refractivity contribution is 5.44. The smallest absolute Gasteiger partial charge is 0.127 e. The molecule has 2 heterocycles. The van der Waals surface area contributed by atoms with Crippen molar-refractivity contribution in [1.82, 2.24) is 10.2 Å². The molecule has 110 valence electrons. The monoisotopic (exact) mass is 276 g/mol. The maximum absolute atomic E-state index is 9.56. The average Bonchev–Trinajstić information content (AvgIpc) is 2.88. The third-order valence-electron chi connectivity index (χ3n) is 4.55. The number of nitrogens with one attached hydrogen (secondary N) is 1. The maximum atomic E-state index is 9.56. The molecule has 2 unspecified atom stereocenters. The topological polar surface area (TPSA) is 44.7 Å². The molecule has 0 saturated carbocycles. The highest BCUT2D eigenvalue weighted by Crippen LogP contribution is 2.40. The van der Waals surface area contributed by atoms with E-state index in [9.17, 15) is 5.11 Å². The van der Waals surface area contributed by atoms with Crippen molar-refractivity contribution in [3.8, 4) is 11.5 Å². The zero-order valence-corrected chi connectivity index (χ0v) is 12.1. The van der Waals surface area contributed by atoms with Gasteiger partial charge in [0.05, 0.1) is 6.04 Å². The summed E-state index contributed by atoms with van der Waals surface area (Å²) in [6.07, 6.45) is 5.09. The molecular weight excluding hydrogens is 252 g/mol. The first-order valence-corrected chi connectivity index (χ1v) is 7.65. The Morgan fingerprint density at radius 2 is 2.30 bits per heavy atom. The van der Waals surface area contributed by atoms with Gasteiger partial charge in [-0.3, -0.25) is 4.90 Å². The predicted molar refractivity (Wildman–Crippen MR) is 79.2 cm³/mol. The summed E-state index contributed by atoms with van der Waals surface area (Å²) in [6, 6.07) is 6.53. The Balaban J connectivity index is 1.78. The van der Waals surface area contributed by atoms with E-state index in [0.29, 0.717) is 12.1 Å². The Morgan fingerprint density at radius 3 is 3.15 bits per heavy atom. The minimum Gasteiger partial charge on any atom is -0.508 e. The summed E-state index contributed by atoms with van der Waals surface area (Å²) in [6.45, 7) is 2.94. The molecule has 0 aliphatic carbocycles. The van der Waals surface area contributed by atoms with Gasteiger partial charge in [-0.05, 0) is 51.5 Å². The van der Waals surface area contributed by atoms with E-state index in [0.717, 1.165) is 25.4 Å². The van der Waals surface area contributed by atoms with Crippen LogP contribution in [0.4, 0.5) is 0 Å². The van der Waals surface area contributed by atoms with Crippen LogP contribution in [0.15, 0.2) is 18.2 Å². The first kappa shape index (κ1) is 13.7. The SMILES string of the molecule is CNCCC1CCCCN1C1COc2cc(O)ccc21. The van der Waals surface area contributed by atoms with Crippen LogP contribution in [0.5, 0.6) is 11.5 Å². The second-order valence-electron chi connectivity index (χ2n) is 5.83. The molecule has 4 heteroatoms. The Labute approximate surface area is 120 Å². The van der Waals surface area contributed by atoms with E-state index in [4.69, 9.17) is 4.74 Å². The van der Waals surface area contributed by atoms with E-state index >= 15 is 0 Å². The minimum absolute atomic E-state index is 0.287. The van der Waals surface area contributed by atoms with E-state index in [1.54, 1.807) is 12.1 Å². The van der Waals surface area contributed by atoms with Crippen molar-refractivity contribution in [2.45, 2.75) is 37.8 Å². The normalized spacial score (nSPS) is 26.2. The molecule has 0 bridgehead atoms. The Hall–Kier alpha value is -1.26. The fourth-order valence-corrected chi connectivity index (χ4v) is 3.51. The molecular formula is C16H24N2O2. The summed E-state index contributed by atoms with van der Waals surface area (Å²) in [5.41, 5.74) is 1.24. The fourth-order valence-electron chi connectivity index (χ4n) is 3.51. The second kappa shape index (κ2) is 6.02. The van der Waals surface area contributed by atoms with Gasteiger partial charge in [0.15, 0.2) is 0 Å². The molecule has 1 fully saturated rings. The van der Waals surface area contributed by atoms with Gasteiger partial charge in [-0.2, -0.15) is 0 Å². The second-order valence-corrected chi connectivity index (χ2v) is 5.83. The van der Waals surface area contributed by atoms with Crippen LogP contribution in [0, 0.1) is 0 Å². The van der Waals surface area contributed by atoms with Crippen LogP contribution in [-0.4, -0.2) is 42.8 Å². The zero-order valence-electron chi connectivity index (χ0n) is 12.1. The van der Waals surface area contributed by atoms with Crippen LogP contribution < -0.4 is 10.1 Å². The number of likely N-dealkylation sites (tertiary alicyclic amines) is 1. The third kappa shape index (κ3) is 2.63. The molecule has 1 saturated heterocycles. The molecule has 20 heavy (non-hydrogen) atoms. The molecule has 0 amide bonds. The van der Waals surface area contributed by atoms with E-state index in [1.807, 2.05) is 13.1 Å². The van der Waals surface area contributed by atoms with Gasteiger partial charge in [0.1, 0.15) is 18.1 Å². The number of nitrogens with zero attached hydrogens (tertiary/aromatic N) is 1. The zero-order chi connectivity index (χ0) is 13.9. The minimum atomic E-state index is 0.287. The van der Waals surface area contributed by atoms with Gasteiger partial charge in [0.2, 0.25) is 0 Å². The lowest BCUT2D eigenvalue weighted by molar-refractivity contribution is 0.0753. The third-order valence-corrected chi connectivity index (χ3v) is 4.55. The van der Waals surface area contributed by atoms with Crippen LogP contribution in [0.3, 0.4) is 0 Å². The molecule has 0 aromatic heterocycles. The number of phenolic OH excluding ortho intramolecular Hbond substituents is 1. The van der Waals surface area contributed by atoms with Crippen LogP contribution in [0.2, 0.25) is 0 Å². The number of hydrogen-bond donors (Lipinski definition) is 2. The molecule has 0 spiro atoms. The van der Waals surface area contributed by atoms with Gasteiger partial charge >= 0.3 is 0 Å². The van der Waals surface area contributed by atoms with Crippen molar-refractivity contribution < 1.29 is 9.84 Å². The van der Waals surface area contributed by atoms with E-state index in [1.165, 1.54) is 31.2 Å². The first-order valence-electron chi connectivity index (χ1n) is 7.65. The summed E-state index contributed by atoms with van der Waals surface area (Å²) in [5, 5.41) is 12.8. The molecule has 1 aromatic carbocycles. The lowest BCUT2D eigenvalue weighted by Crippen LogP contribution is -2.43. The Morgan fingerprint density at radius 1 is 1.40 bits per heavy atom. The average molecular weight is 276 g/mol. The molecule has 2 aliphatic rings. The summed E-state index contributed by atoms with van der Waals surface area (Å²) in [4.78, 5) is 2.61. The van der Waals surface area contributed by atoms with Crippen molar-refractivity contribution in [2.24, 2.45) is 0 Å². The van der Waals surface area contributed by atoms with Crippen molar-refractivity contribution in [3.05, 3.63) is 23.8 Å². The number of aromatic hydroxyl groups is 1. The number of hydrogen-bond acceptors (Lipinski definition) is 4. The van der Waals surface area contributed by atoms with Gasteiger partial charge in [-0.25, -0.2) is 0 Å². The molecule has 1 aromatic rings. The van der Waals surface area contributed by atoms with Gasteiger partial charge in [0.25, 0.3) is 0 Å². The Bertz CT molecular complexity index is 464. The summed E-state index contributed by atoms with van der Waals surface area (Å²) in [7, 11) is 2.02. The number of benzene rings is 1. The predicted octanol–water partition coefficient (Wildman–Crippen LogP) is 2.29. The standard InChI is InChI=1S/C16H24N2O2/c1-17-8-7-12-4-2-3-9-18(12)15-11-20-16-10-13(19)5-6-14(15)16/h5-6,10,12,15,17,19H,2-4,7-9,11H2,1H3. The first-order chi connectivity index (χ1) is 9.79. The Kier molecular flexibility index (Phi) is 4.13. The highest BCUT2D eigenvalue weighted by atomic mass is 16.5. The summed E-state index contributed by atoms with van der Waals surface area (Å²) in [5.74, 6) is 1.14. The molecule has 0 radical (unpaired) electrons. The van der Waals surface area contributed by atoms with Crippen molar-refractivity contribution in [1.29, 1.82) is 0 Å². The van der Waals surface area contributed by atoms with Crippen LogP contribution in [-0.2, 0) is 0 Å². The van der Waals surface area contributed by atoms with Gasteiger partial charge < -0.3 is 15.2 Å². The molecule has 4 nitrogen and oxygen atoms in total. The lowest BCUT2D eigenvalue weighted by atomic mass is 9.95. The van der Waals surface area contributed by atoms with E-state index in [-0.39, 0.29) is 5.75 Å². The van der Waals surface area contributed by atoms with Gasteiger partial charge in [-0.15, -0.1) is 0 Å². The van der Waals surface area contributed by atoms with E-state index in [2.05, 4.69) is 10.2 Å². The number of ether oxygens (including phenoxy) is 1. The summed E-state index contributed by atoms with van der Waals surface area (Å²) < 4.78 is 5.78. The largest absolute Gasteiger partial charge is 0.508 e. The quantitative estimate of drug-likeness (QED) is 0.885. The number of rotatable bonds is 4. The molecule has 2 atom stereocenters. The summed E-state index contributed by atoms with van der Waals surface area (Å²) >= 11 is 0. The van der Waals surface area contributed by atoms with Crippen LogP contribution >= 0.6 is 0 Å². The number of fused-ring (bicyclic) bond motifs is 1. The number of phenols is 1. The van der Waals surface area contributed by atoms with Crippen molar-refractivity contribution in [3.63, 3.8) is 0 Å². The fraction of sp³-hybridized carbons (Fsp3) is 0.625. The molecule has 2 aliphatic heterocycles. The van der Waals surface area contributed by atoms with Crippen molar-refractivity contribution in [2.75, 3.05) is 26.7 Å². The van der Waals surface area contributed by atoms with Gasteiger partial charge in [0, 0.05) is 17.7 Å². The maximum Gasteiger partial charge on any atom is 0.127 e. The highest BCUT2D eigenvalue weighted by Gasteiger charge is 2.34. The van der Waals surface area contributed by atoms with Crippen LogP contribution in [0.25, 0.3) is 0 Å². The number of piperidine rings is 1.